The molecule has 0 saturated carbocycles. The van der Waals surface area contributed by atoms with Gasteiger partial charge in [-0.15, -0.1) is 45.3 Å². The number of thiophene rings is 4. The van der Waals surface area contributed by atoms with Crippen molar-refractivity contribution in [3.8, 4) is 20.9 Å². The van der Waals surface area contributed by atoms with Crippen molar-refractivity contribution in [3.05, 3.63) is 84.4 Å². The molecule has 0 radical (unpaired) electrons. The Balaban J connectivity index is 1.36. The standard InChI is InChI=1S/C29H20S4/c1-2-6-17-9-11-19(12-10-17)23-15-27-29(33-23)21-13-20-24(16-25(21)31-27)30-26-14-22(32-28(20)26)18-7-4-3-5-8-18/h3-5,7-16H,2,6H2,1H3. The second-order valence-electron chi connectivity index (χ2n) is 8.47. The second-order valence-corrected chi connectivity index (χ2v) is 12.7. The normalized spacial score (nSPS) is 12.0. The van der Waals surface area contributed by atoms with Gasteiger partial charge in [-0.25, -0.2) is 0 Å². The lowest BCUT2D eigenvalue weighted by Gasteiger charge is -2.01. The predicted molar refractivity (Wildman–Crippen MR) is 153 cm³/mol. The Labute approximate surface area is 208 Å². The van der Waals surface area contributed by atoms with E-state index in [1.165, 1.54) is 71.8 Å². The first kappa shape index (κ1) is 19.9. The summed E-state index contributed by atoms with van der Waals surface area (Å²) < 4.78 is 8.49. The third-order valence-electron chi connectivity index (χ3n) is 6.24. The summed E-state index contributed by atoms with van der Waals surface area (Å²) >= 11 is 7.74. The van der Waals surface area contributed by atoms with Gasteiger partial charge >= 0.3 is 0 Å². The van der Waals surface area contributed by atoms with Crippen LogP contribution in [0.15, 0.2) is 78.9 Å². The zero-order chi connectivity index (χ0) is 21.9. The highest BCUT2D eigenvalue weighted by atomic mass is 32.1. The van der Waals surface area contributed by atoms with Crippen LogP contribution in [-0.4, -0.2) is 0 Å². The molecule has 0 atom stereocenters. The van der Waals surface area contributed by atoms with Crippen LogP contribution in [0.5, 0.6) is 0 Å². The van der Waals surface area contributed by atoms with Gasteiger partial charge in [0.25, 0.3) is 0 Å². The van der Waals surface area contributed by atoms with Gasteiger partial charge in [0.05, 0.1) is 9.40 Å². The van der Waals surface area contributed by atoms with E-state index in [4.69, 9.17) is 0 Å². The van der Waals surface area contributed by atoms with Gasteiger partial charge in [-0.1, -0.05) is 67.9 Å². The number of hydrogen-bond donors (Lipinski definition) is 0. The van der Waals surface area contributed by atoms with Crippen LogP contribution in [0.1, 0.15) is 18.9 Å². The first-order valence-electron chi connectivity index (χ1n) is 11.2. The highest BCUT2D eigenvalue weighted by Crippen LogP contribution is 2.48. The molecule has 0 amide bonds. The highest BCUT2D eigenvalue weighted by Gasteiger charge is 2.16. The molecular weight excluding hydrogens is 477 g/mol. The number of aryl methyl sites for hydroxylation is 1. The maximum absolute atomic E-state index is 2.46. The fraction of sp³-hybridized carbons (Fsp3) is 0.103. The first-order chi connectivity index (χ1) is 16.3. The third kappa shape index (κ3) is 3.28. The average molecular weight is 497 g/mol. The van der Waals surface area contributed by atoms with E-state index in [9.17, 15) is 0 Å². The molecule has 0 aliphatic heterocycles. The topological polar surface area (TPSA) is 0 Å². The smallest absolute Gasteiger partial charge is 0.0536 e. The second kappa shape index (κ2) is 7.78. The van der Waals surface area contributed by atoms with Crippen molar-refractivity contribution in [2.75, 3.05) is 0 Å². The predicted octanol–water partition coefficient (Wildman–Crippen LogP) is 10.8. The summed E-state index contributed by atoms with van der Waals surface area (Å²) in [6.45, 7) is 2.24. The van der Waals surface area contributed by atoms with Gasteiger partial charge in [0.15, 0.2) is 0 Å². The molecule has 0 N–H and O–H groups in total. The first-order valence-corrected chi connectivity index (χ1v) is 14.5. The van der Waals surface area contributed by atoms with E-state index in [0.717, 1.165) is 6.42 Å². The van der Waals surface area contributed by atoms with Crippen molar-refractivity contribution < 1.29 is 0 Å². The molecule has 3 aromatic carbocycles. The van der Waals surface area contributed by atoms with Gasteiger partial charge in [0, 0.05) is 39.3 Å². The molecule has 7 rings (SSSR count). The minimum absolute atomic E-state index is 1.16. The average Bonchev–Trinajstić information content (AvgIpc) is 3.58. The van der Waals surface area contributed by atoms with E-state index in [-0.39, 0.29) is 0 Å². The van der Waals surface area contributed by atoms with Crippen molar-refractivity contribution in [2.24, 2.45) is 0 Å². The minimum Gasteiger partial charge on any atom is -0.134 e. The Kier molecular flexibility index (Phi) is 4.70. The van der Waals surface area contributed by atoms with Crippen LogP contribution in [0.3, 0.4) is 0 Å². The molecule has 0 nitrogen and oxygen atoms in total. The summed E-state index contributed by atoms with van der Waals surface area (Å²) in [6, 6.07) is 29.5. The summed E-state index contributed by atoms with van der Waals surface area (Å²) in [4.78, 5) is 2.73. The van der Waals surface area contributed by atoms with Gasteiger partial charge in [0.2, 0.25) is 0 Å². The zero-order valence-corrected chi connectivity index (χ0v) is 21.3. The Morgan fingerprint density at radius 2 is 1.12 bits per heavy atom. The molecule has 0 aliphatic carbocycles. The molecule has 4 heterocycles. The van der Waals surface area contributed by atoms with Crippen molar-refractivity contribution >= 4 is 84.3 Å². The lowest BCUT2D eigenvalue weighted by Crippen LogP contribution is -1.81. The van der Waals surface area contributed by atoms with E-state index < -0.39 is 0 Å². The molecule has 160 valence electrons. The Morgan fingerprint density at radius 3 is 1.70 bits per heavy atom. The molecule has 4 heteroatoms. The number of hydrogen-bond acceptors (Lipinski definition) is 4. The highest BCUT2D eigenvalue weighted by molar-refractivity contribution is 7.35. The molecule has 0 unspecified atom stereocenters. The van der Waals surface area contributed by atoms with E-state index in [0.29, 0.717) is 0 Å². The van der Waals surface area contributed by atoms with Crippen LogP contribution in [0.25, 0.3) is 59.9 Å². The molecule has 4 aromatic heterocycles. The fourth-order valence-corrected chi connectivity index (χ4v) is 9.77. The van der Waals surface area contributed by atoms with Crippen molar-refractivity contribution in [1.82, 2.24) is 0 Å². The summed E-state index contributed by atoms with van der Waals surface area (Å²) in [5.41, 5.74) is 4.08. The molecule has 0 aliphatic rings. The Hall–Kier alpha value is -2.50. The monoisotopic (exact) mass is 496 g/mol. The van der Waals surface area contributed by atoms with Gasteiger partial charge < -0.3 is 0 Å². The lowest BCUT2D eigenvalue weighted by atomic mass is 10.1. The molecule has 0 saturated heterocycles. The lowest BCUT2D eigenvalue weighted by molar-refractivity contribution is 0.922. The fourth-order valence-electron chi connectivity index (χ4n) is 4.61. The van der Waals surface area contributed by atoms with Crippen LogP contribution < -0.4 is 0 Å². The minimum atomic E-state index is 1.16. The van der Waals surface area contributed by atoms with Crippen LogP contribution in [0.4, 0.5) is 0 Å². The van der Waals surface area contributed by atoms with Crippen molar-refractivity contribution in [1.29, 1.82) is 0 Å². The molecule has 0 spiro atoms. The number of fused-ring (bicyclic) bond motifs is 6. The number of benzene rings is 3. The summed E-state index contributed by atoms with van der Waals surface area (Å²) in [5.74, 6) is 0. The van der Waals surface area contributed by atoms with Gasteiger partial charge in [-0.05, 0) is 47.4 Å². The SMILES string of the molecule is CCCc1ccc(-c2cc3sc4cc5sc6cc(-c7ccccc7)sc6c5cc4c3s2)cc1. The van der Waals surface area contributed by atoms with Gasteiger partial charge in [-0.3, -0.25) is 0 Å². The third-order valence-corrected chi connectivity index (χ3v) is 11.1. The summed E-state index contributed by atoms with van der Waals surface area (Å²) in [5, 5.41) is 2.82. The molecular formula is C29H20S4. The Bertz CT molecular complexity index is 1760. The summed E-state index contributed by atoms with van der Waals surface area (Å²) in [7, 11) is 0. The zero-order valence-electron chi connectivity index (χ0n) is 18.1. The van der Waals surface area contributed by atoms with Crippen LogP contribution in [-0.2, 0) is 6.42 Å². The van der Waals surface area contributed by atoms with Crippen LogP contribution in [0.2, 0.25) is 0 Å². The van der Waals surface area contributed by atoms with Crippen molar-refractivity contribution in [2.45, 2.75) is 19.8 Å². The van der Waals surface area contributed by atoms with E-state index >= 15 is 0 Å². The molecule has 0 fully saturated rings. The van der Waals surface area contributed by atoms with E-state index in [1.807, 2.05) is 45.3 Å². The number of rotatable bonds is 4. The van der Waals surface area contributed by atoms with Crippen molar-refractivity contribution in [3.63, 3.8) is 0 Å². The molecule has 33 heavy (non-hydrogen) atoms. The largest absolute Gasteiger partial charge is 0.134 e. The summed E-state index contributed by atoms with van der Waals surface area (Å²) in [6.07, 6.45) is 2.35. The van der Waals surface area contributed by atoms with Gasteiger partial charge in [0.1, 0.15) is 0 Å². The van der Waals surface area contributed by atoms with E-state index in [1.54, 1.807) is 0 Å². The van der Waals surface area contributed by atoms with E-state index in [2.05, 4.69) is 85.8 Å². The van der Waals surface area contributed by atoms with Crippen LogP contribution >= 0.6 is 45.3 Å². The Morgan fingerprint density at radius 1 is 0.545 bits per heavy atom. The quantitative estimate of drug-likeness (QED) is 0.227. The van der Waals surface area contributed by atoms with Crippen LogP contribution in [0, 0.1) is 0 Å². The molecule has 7 aromatic rings. The maximum atomic E-state index is 2.46. The van der Waals surface area contributed by atoms with Gasteiger partial charge in [-0.2, -0.15) is 0 Å². The molecule has 0 bridgehead atoms. The maximum Gasteiger partial charge on any atom is 0.0536 e.